The lowest BCUT2D eigenvalue weighted by Crippen LogP contribution is -2.43. The van der Waals surface area contributed by atoms with E-state index in [1.165, 1.54) is 0 Å². The van der Waals surface area contributed by atoms with Gasteiger partial charge in [-0.2, -0.15) is 0 Å². The van der Waals surface area contributed by atoms with Gasteiger partial charge < -0.3 is 5.73 Å². The standard InChI is InChI=1S/C16H17N5O/c17-16(22)14(10-12-6-2-1-3-7-12)18-11-21-15-9-5-4-8-13(15)19-20-21/h1-9,14,18H,10-11H2,(H2,17,22)/i/hD. The van der Waals surface area contributed by atoms with Crippen molar-refractivity contribution < 1.29 is 6.21 Å². The molecule has 0 aliphatic heterocycles. The first-order valence-electron chi connectivity index (χ1n) is 7.55. The molecular formula is C16H17N5O. The Kier molecular flexibility index (Phi) is 3.75. The van der Waals surface area contributed by atoms with Gasteiger partial charge in [-0.1, -0.05) is 47.7 Å². The van der Waals surface area contributed by atoms with Crippen LogP contribution in [0, 0.1) is 0 Å². The highest BCUT2D eigenvalue weighted by Gasteiger charge is 2.16. The summed E-state index contributed by atoms with van der Waals surface area (Å²) >= 11 is 0. The number of nitrogens with two attached hydrogens (primary N) is 1. The molecule has 0 saturated carbocycles. The second-order valence-electron chi connectivity index (χ2n) is 5.05. The Morgan fingerprint density at radius 1 is 1.23 bits per heavy atom. The summed E-state index contributed by atoms with van der Waals surface area (Å²) in [5.74, 6) is -0.377. The molecular weight excluding hydrogens is 278 g/mol. The molecule has 22 heavy (non-hydrogen) atoms. The Balaban J connectivity index is 1.72. The number of carbonyl (C=O) groups excluding carboxylic acids is 1. The van der Waals surface area contributed by atoms with Gasteiger partial charge in [0.25, 0.3) is 0 Å². The third kappa shape index (κ3) is 3.12. The predicted octanol–water partition coefficient (Wildman–Crippen LogP) is 1.07. The first-order valence-corrected chi connectivity index (χ1v) is 7.05. The van der Waals surface area contributed by atoms with Crippen LogP contribution in [0.4, 0.5) is 0 Å². The summed E-state index contributed by atoms with van der Waals surface area (Å²) in [5.41, 5.74) is 4.68. The highest BCUT2D eigenvalue weighted by Crippen LogP contribution is 2.09. The molecule has 0 spiro atoms. The number of primary amides is 1. The summed E-state index contributed by atoms with van der Waals surface area (Å²) in [6.07, 6.45) is 0.498. The predicted molar refractivity (Wildman–Crippen MR) is 83.8 cm³/mol. The number of amides is 1. The molecule has 6 heteroatoms. The average molecular weight is 296 g/mol. The van der Waals surface area contributed by atoms with E-state index in [0.717, 1.165) is 16.6 Å². The second-order valence-corrected chi connectivity index (χ2v) is 5.05. The van der Waals surface area contributed by atoms with E-state index >= 15 is 0 Å². The maximum absolute atomic E-state index is 11.9. The number of hydrogen-bond donors (Lipinski definition) is 2. The van der Waals surface area contributed by atoms with Gasteiger partial charge in [-0.25, -0.2) is 4.68 Å². The van der Waals surface area contributed by atoms with E-state index in [0.29, 0.717) is 13.1 Å². The molecule has 0 bridgehead atoms. The fraction of sp³-hybridized carbons (Fsp3) is 0.188. The molecule has 0 aliphatic carbocycles. The van der Waals surface area contributed by atoms with Crippen LogP contribution >= 0.6 is 0 Å². The average Bonchev–Trinajstić information content (AvgIpc) is 3.02. The van der Waals surface area contributed by atoms with E-state index in [2.05, 4.69) is 15.6 Å². The molecule has 1 heterocycles. The van der Waals surface area contributed by atoms with Crippen LogP contribution < -0.4 is 11.0 Å². The highest BCUT2D eigenvalue weighted by atomic mass is 16.1. The second kappa shape index (κ2) is 6.36. The van der Waals surface area contributed by atoms with E-state index in [1.807, 2.05) is 60.3 Å². The number of nitrogens with zero attached hydrogens (tertiary/aromatic N) is 3. The number of nitrogens with one attached hydrogen (secondary N) is 1. The maximum Gasteiger partial charge on any atom is 0.234 e. The Morgan fingerprint density at radius 2 is 2.00 bits per heavy atom. The number of benzene rings is 2. The summed E-state index contributed by atoms with van der Waals surface area (Å²) in [5, 5.41) is 11.3. The van der Waals surface area contributed by atoms with Crippen LogP contribution in [0.1, 0.15) is 5.56 Å². The largest absolute Gasteiger partial charge is 0.368 e. The monoisotopic (exact) mass is 296 g/mol. The molecule has 2 aromatic carbocycles. The topological polar surface area (TPSA) is 85.8 Å². The van der Waals surface area contributed by atoms with E-state index < -0.39 is 6.04 Å². The third-order valence-electron chi connectivity index (χ3n) is 3.51. The van der Waals surface area contributed by atoms with Crippen LogP contribution in [0.2, 0.25) is 1.41 Å². The lowest BCUT2D eigenvalue weighted by molar-refractivity contribution is -0.120. The number of fused-ring (bicyclic) bond motifs is 1. The molecule has 1 aromatic heterocycles. The van der Waals surface area contributed by atoms with E-state index in [4.69, 9.17) is 1.41 Å². The lowest BCUT2D eigenvalue weighted by Gasteiger charge is -2.15. The molecule has 0 fully saturated rings. The summed E-state index contributed by atoms with van der Waals surface area (Å²) in [6, 6.07) is 16.8. The van der Waals surface area contributed by atoms with Crippen LogP contribution in [-0.2, 0) is 17.9 Å². The van der Waals surface area contributed by atoms with Gasteiger partial charge >= 0.3 is 0 Å². The zero-order valence-corrected chi connectivity index (χ0v) is 11.9. The Bertz CT molecular complexity index is 789. The molecule has 6 nitrogen and oxygen atoms in total. The van der Waals surface area contributed by atoms with Crippen molar-refractivity contribution in [2.45, 2.75) is 19.1 Å². The first-order chi connectivity index (χ1) is 11.3. The van der Waals surface area contributed by atoms with Gasteiger partial charge in [-0.3, -0.25) is 10.1 Å². The molecule has 1 atom stereocenters. The van der Waals surface area contributed by atoms with Crippen LogP contribution in [-0.4, -0.2) is 26.9 Å². The van der Waals surface area contributed by atoms with Gasteiger partial charge in [-0.15, -0.1) is 5.10 Å². The molecule has 0 radical (unpaired) electrons. The Morgan fingerprint density at radius 3 is 2.82 bits per heavy atom. The minimum Gasteiger partial charge on any atom is -0.368 e. The Labute approximate surface area is 129 Å². The third-order valence-corrected chi connectivity index (χ3v) is 3.51. The minimum atomic E-state index is -0.516. The summed E-state index contributed by atoms with van der Waals surface area (Å²) in [7, 11) is 0. The number of aromatic nitrogens is 3. The molecule has 0 aliphatic rings. The highest BCUT2D eigenvalue weighted by molar-refractivity contribution is 5.80. The van der Waals surface area contributed by atoms with Crippen molar-refractivity contribution in [3.63, 3.8) is 0 Å². The van der Waals surface area contributed by atoms with Crippen LogP contribution in [0.5, 0.6) is 0 Å². The normalized spacial score (nSPS) is 12.8. The molecule has 3 aromatic rings. The number of hydrogen-bond acceptors (Lipinski definition) is 4. The van der Waals surface area contributed by atoms with E-state index in [9.17, 15) is 4.79 Å². The van der Waals surface area contributed by atoms with Crippen molar-refractivity contribution in [1.82, 2.24) is 20.3 Å². The molecule has 1 unspecified atom stereocenters. The van der Waals surface area contributed by atoms with Gasteiger partial charge in [-0.05, 0) is 24.1 Å². The Hall–Kier alpha value is -2.73. The number of carbonyl (C=O) groups is 1. The van der Waals surface area contributed by atoms with Crippen LogP contribution in [0.15, 0.2) is 54.6 Å². The number of rotatable bonds is 6. The first kappa shape index (κ1) is 13.0. The molecule has 112 valence electrons. The van der Waals surface area contributed by atoms with Gasteiger partial charge in [0.1, 0.15) is 5.52 Å². The molecule has 3 rings (SSSR count). The van der Waals surface area contributed by atoms with Crippen molar-refractivity contribution in [2.75, 3.05) is 0 Å². The SMILES string of the molecule is [2H]NC(=O)C(Cc1ccccc1)NCn1nnc2ccccc21. The number of para-hydroxylation sites is 1. The molecule has 0 saturated heterocycles. The van der Waals surface area contributed by atoms with Gasteiger partial charge in [0.05, 0.1) is 18.2 Å². The van der Waals surface area contributed by atoms with Gasteiger partial charge in [0, 0.05) is 0 Å². The summed E-state index contributed by atoms with van der Waals surface area (Å²) in [6.45, 7) is 0.339. The summed E-state index contributed by atoms with van der Waals surface area (Å²) in [4.78, 5) is 11.9. The quantitative estimate of drug-likeness (QED) is 0.712. The molecule has 1 amide bonds. The van der Waals surface area contributed by atoms with Crippen molar-refractivity contribution in [3.8, 4) is 0 Å². The van der Waals surface area contributed by atoms with Crippen LogP contribution in [0.25, 0.3) is 11.0 Å². The van der Waals surface area contributed by atoms with Gasteiger partial charge in [0.2, 0.25) is 5.91 Å². The molecule has 3 N–H and O–H groups in total. The maximum atomic E-state index is 11.9. The smallest absolute Gasteiger partial charge is 0.234 e. The lowest BCUT2D eigenvalue weighted by atomic mass is 10.1. The zero-order chi connectivity index (χ0) is 16.1. The van der Waals surface area contributed by atoms with Crippen molar-refractivity contribution in [1.29, 1.82) is 0 Å². The van der Waals surface area contributed by atoms with Crippen LogP contribution in [0.3, 0.4) is 0 Å². The van der Waals surface area contributed by atoms with Crippen molar-refractivity contribution in [2.24, 2.45) is 5.73 Å². The van der Waals surface area contributed by atoms with Crippen molar-refractivity contribution in [3.05, 3.63) is 60.2 Å². The van der Waals surface area contributed by atoms with Crippen molar-refractivity contribution >= 4 is 16.9 Å². The fourth-order valence-electron chi connectivity index (χ4n) is 2.34. The minimum absolute atomic E-state index is 0.339. The van der Waals surface area contributed by atoms with Gasteiger partial charge in [0.15, 0.2) is 1.41 Å². The zero-order valence-electron chi connectivity index (χ0n) is 12.9. The van der Waals surface area contributed by atoms with E-state index in [1.54, 1.807) is 4.68 Å². The summed E-state index contributed by atoms with van der Waals surface area (Å²) < 4.78 is 8.81. The van der Waals surface area contributed by atoms with E-state index in [-0.39, 0.29) is 5.91 Å². The fourth-order valence-corrected chi connectivity index (χ4v) is 2.34.